The molecule has 2 amide bonds. The van der Waals surface area contributed by atoms with Gasteiger partial charge in [0.1, 0.15) is 6.10 Å². The van der Waals surface area contributed by atoms with Gasteiger partial charge in [-0.1, -0.05) is 18.2 Å². The molecule has 0 bridgehead atoms. The van der Waals surface area contributed by atoms with Crippen LogP contribution in [0.3, 0.4) is 0 Å². The van der Waals surface area contributed by atoms with Gasteiger partial charge in [-0.3, -0.25) is 9.59 Å². The first kappa shape index (κ1) is 18.9. The van der Waals surface area contributed by atoms with Gasteiger partial charge in [-0.2, -0.15) is 0 Å². The van der Waals surface area contributed by atoms with Crippen molar-refractivity contribution in [2.24, 2.45) is 0 Å². The van der Waals surface area contributed by atoms with Crippen LogP contribution in [-0.4, -0.2) is 53.1 Å². The summed E-state index contributed by atoms with van der Waals surface area (Å²) in [5, 5.41) is 11.8. The van der Waals surface area contributed by atoms with Crippen LogP contribution in [0.4, 0.5) is 5.69 Å². The van der Waals surface area contributed by atoms with Crippen molar-refractivity contribution in [3.63, 3.8) is 0 Å². The Kier molecular flexibility index (Phi) is 6.14. The van der Waals surface area contributed by atoms with Crippen LogP contribution >= 0.6 is 0 Å². The second-order valence-corrected chi connectivity index (χ2v) is 6.20. The number of ether oxygens (including phenoxy) is 1. The monoisotopic (exact) mass is 348 g/mol. The van der Waals surface area contributed by atoms with Crippen molar-refractivity contribution in [2.45, 2.75) is 45.8 Å². The van der Waals surface area contributed by atoms with E-state index in [1.807, 2.05) is 32.0 Å². The summed E-state index contributed by atoms with van der Waals surface area (Å²) in [6.07, 6.45) is -1.09. The SMILES string of the molecule is CCN(CC(=O)Nc1c(C)cccc1C)C(=O)[C@@H]1CC[C@H](C(=O)O)O1. The van der Waals surface area contributed by atoms with Gasteiger partial charge in [0, 0.05) is 12.2 Å². The maximum atomic E-state index is 12.5. The van der Waals surface area contributed by atoms with Crippen molar-refractivity contribution in [1.29, 1.82) is 0 Å². The number of benzene rings is 1. The van der Waals surface area contributed by atoms with E-state index in [4.69, 9.17) is 9.84 Å². The molecule has 0 aromatic heterocycles. The van der Waals surface area contributed by atoms with Crippen LogP contribution in [0.15, 0.2) is 18.2 Å². The number of aliphatic carboxylic acids is 1. The van der Waals surface area contributed by atoms with Gasteiger partial charge < -0.3 is 20.1 Å². The zero-order valence-electron chi connectivity index (χ0n) is 14.7. The third kappa shape index (κ3) is 4.57. The molecular weight excluding hydrogens is 324 g/mol. The molecule has 1 aromatic rings. The van der Waals surface area contributed by atoms with Crippen LogP contribution in [-0.2, 0) is 19.1 Å². The Morgan fingerprint density at radius 2 is 1.80 bits per heavy atom. The van der Waals surface area contributed by atoms with Crippen molar-refractivity contribution >= 4 is 23.5 Å². The Balaban J connectivity index is 1.98. The van der Waals surface area contributed by atoms with E-state index in [-0.39, 0.29) is 18.4 Å². The van der Waals surface area contributed by atoms with Crippen LogP contribution in [0.5, 0.6) is 0 Å². The molecule has 0 spiro atoms. The molecule has 1 aliphatic rings. The minimum Gasteiger partial charge on any atom is -0.479 e. The summed E-state index contributed by atoms with van der Waals surface area (Å²) < 4.78 is 5.28. The normalized spacial score (nSPS) is 19.5. The third-order valence-electron chi connectivity index (χ3n) is 4.34. The first-order chi connectivity index (χ1) is 11.8. The number of hydrogen-bond donors (Lipinski definition) is 2. The molecule has 0 saturated carbocycles. The fraction of sp³-hybridized carbons (Fsp3) is 0.500. The van der Waals surface area contributed by atoms with E-state index in [9.17, 15) is 14.4 Å². The van der Waals surface area contributed by atoms with Gasteiger partial charge in [0.05, 0.1) is 6.54 Å². The molecule has 1 aromatic carbocycles. The summed E-state index contributed by atoms with van der Waals surface area (Å²) in [6.45, 7) is 5.83. The molecule has 2 N–H and O–H groups in total. The summed E-state index contributed by atoms with van der Waals surface area (Å²) in [4.78, 5) is 37.2. The van der Waals surface area contributed by atoms with Crippen LogP contribution in [0.1, 0.15) is 30.9 Å². The minimum absolute atomic E-state index is 0.0965. The van der Waals surface area contributed by atoms with E-state index >= 15 is 0 Å². The average molecular weight is 348 g/mol. The fourth-order valence-corrected chi connectivity index (χ4v) is 2.91. The third-order valence-corrected chi connectivity index (χ3v) is 4.34. The van der Waals surface area contributed by atoms with Gasteiger partial charge in [0.25, 0.3) is 5.91 Å². The number of hydrogen-bond acceptors (Lipinski definition) is 4. The number of likely N-dealkylation sites (N-methyl/N-ethyl adjacent to an activating group) is 1. The van der Waals surface area contributed by atoms with Crippen molar-refractivity contribution in [3.05, 3.63) is 29.3 Å². The summed E-state index contributed by atoms with van der Waals surface area (Å²) >= 11 is 0. The maximum absolute atomic E-state index is 12.5. The number of nitrogens with zero attached hydrogens (tertiary/aromatic N) is 1. The van der Waals surface area contributed by atoms with Gasteiger partial charge in [-0.05, 0) is 44.7 Å². The number of rotatable bonds is 6. The van der Waals surface area contributed by atoms with Gasteiger partial charge in [-0.15, -0.1) is 0 Å². The highest BCUT2D eigenvalue weighted by molar-refractivity contribution is 5.96. The Hall–Kier alpha value is -2.41. The highest BCUT2D eigenvalue weighted by Crippen LogP contribution is 2.22. The summed E-state index contributed by atoms with van der Waals surface area (Å²) in [7, 11) is 0. The van der Waals surface area contributed by atoms with E-state index in [0.717, 1.165) is 16.8 Å². The van der Waals surface area contributed by atoms with E-state index in [2.05, 4.69) is 5.32 Å². The van der Waals surface area contributed by atoms with Crippen molar-refractivity contribution in [1.82, 2.24) is 4.90 Å². The molecule has 1 aliphatic heterocycles. The van der Waals surface area contributed by atoms with Gasteiger partial charge >= 0.3 is 5.97 Å². The smallest absolute Gasteiger partial charge is 0.332 e. The molecule has 1 saturated heterocycles. The standard InChI is InChI=1S/C18H24N2O5/c1-4-20(17(22)13-8-9-14(25-13)18(23)24)10-15(21)19-16-11(2)6-5-7-12(16)3/h5-7,13-14H,4,8-10H2,1-3H3,(H,19,21)(H,23,24)/t13-,14+/m0/s1. The Morgan fingerprint density at radius 3 is 2.32 bits per heavy atom. The average Bonchev–Trinajstić information content (AvgIpc) is 3.06. The number of anilines is 1. The molecule has 7 heteroatoms. The van der Waals surface area contributed by atoms with E-state index in [0.29, 0.717) is 19.4 Å². The quantitative estimate of drug-likeness (QED) is 0.816. The lowest BCUT2D eigenvalue weighted by Gasteiger charge is -2.24. The zero-order chi connectivity index (χ0) is 18.6. The second-order valence-electron chi connectivity index (χ2n) is 6.20. The summed E-state index contributed by atoms with van der Waals surface area (Å²) in [5.74, 6) is -1.70. The van der Waals surface area contributed by atoms with Crippen LogP contribution in [0.2, 0.25) is 0 Å². The number of carboxylic acid groups (broad SMARTS) is 1. The lowest BCUT2D eigenvalue weighted by Crippen LogP contribution is -2.43. The minimum atomic E-state index is -1.06. The first-order valence-corrected chi connectivity index (χ1v) is 8.36. The number of aryl methyl sites for hydroxylation is 2. The number of carboxylic acids is 1. The molecule has 0 unspecified atom stereocenters. The van der Waals surface area contributed by atoms with E-state index < -0.39 is 18.2 Å². The topological polar surface area (TPSA) is 95.9 Å². The molecule has 0 radical (unpaired) electrons. The molecule has 1 heterocycles. The highest BCUT2D eigenvalue weighted by atomic mass is 16.5. The summed E-state index contributed by atoms with van der Waals surface area (Å²) in [6, 6.07) is 5.73. The molecule has 0 aliphatic carbocycles. The maximum Gasteiger partial charge on any atom is 0.332 e. The summed E-state index contributed by atoms with van der Waals surface area (Å²) in [5.41, 5.74) is 2.65. The molecule has 136 valence electrons. The number of amides is 2. The lowest BCUT2D eigenvalue weighted by atomic mass is 10.1. The zero-order valence-corrected chi connectivity index (χ0v) is 14.7. The predicted molar refractivity (Wildman–Crippen MR) is 92.3 cm³/mol. The largest absolute Gasteiger partial charge is 0.479 e. The Labute approximate surface area is 147 Å². The van der Waals surface area contributed by atoms with Crippen molar-refractivity contribution < 1.29 is 24.2 Å². The van der Waals surface area contributed by atoms with Crippen LogP contribution in [0.25, 0.3) is 0 Å². The van der Waals surface area contributed by atoms with Crippen LogP contribution < -0.4 is 5.32 Å². The van der Waals surface area contributed by atoms with Crippen LogP contribution in [0, 0.1) is 13.8 Å². The van der Waals surface area contributed by atoms with Crippen molar-refractivity contribution in [2.75, 3.05) is 18.4 Å². The number of para-hydroxylation sites is 1. The van der Waals surface area contributed by atoms with E-state index in [1.165, 1.54) is 4.90 Å². The molecular formula is C18H24N2O5. The number of nitrogens with one attached hydrogen (secondary N) is 1. The van der Waals surface area contributed by atoms with Crippen molar-refractivity contribution in [3.8, 4) is 0 Å². The Bertz CT molecular complexity index is 653. The molecule has 2 atom stereocenters. The molecule has 7 nitrogen and oxygen atoms in total. The molecule has 25 heavy (non-hydrogen) atoms. The van der Waals surface area contributed by atoms with Gasteiger partial charge in [0.2, 0.25) is 5.91 Å². The predicted octanol–water partition coefficient (Wildman–Crippen LogP) is 1.72. The highest BCUT2D eigenvalue weighted by Gasteiger charge is 2.36. The number of carbonyl (C=O) groups excluding carboxylic acids is 2. The van der Waals surface area contributed by atoms with Gasteiger partial charge in [-0.25, -0.2) is 4.79 Å². The second kappa shape index (κ2) is 8.11. The first-order valence-electron chi connectivity index (χ1n) is 8.36. The molecule has 2 rings (SSSR count). The van der Waals surface area contributed by atoms with E-state index in [1.54, 1.807) is 6.92 Å². The van der Waals surface area contributed by atoms with Gasteiger partial charge in [0.15, 0.2) is 6.10 Å². The fourth-order valence-electron chi connectivity index (χ4n) is 2.91. The lowest BCUT2D eigenvalue weighted by molar-refractivity contribution is -0.155. The number of carbonyl (C=O) groups is 3. The molecule has 1 fully saturated rings. The Morgan fingerprint density at radius 1 is 1.20 bits per heavy atom.